The molecule has 28 heavy (non-hydrogen) atoms. The van der Waals surface area contributed by atoms with E-state index in [1.807, 2.05) is 19.2 Å². The fourth-order valence-electron chi connectivity index (χ4n) is 6.45. The quantitative estimate of drug-likeness (QED) is 0.673. The van der Waals surface area contributed by atoms with Crippen LogP contribution in [0.5, 0.6) is 5.75 Å². The number of likely N-dealkylation sites (N-methyl/N-ethyl adjacent to an activating group) is 1. The van der Waals surface area contributed by atoms with E-state index in [2.05, 4.69) is 54.4 Å². The predicted octanol–water partition coefficient (Wildman–Crippen LogP) is 4.69. The molecule has 3 nitrogen and oxygen atoms in total. The van der Waals surface area contributed by atoms with Crippen LogP contribution in [-0.4, -0.2) is 42.4 Å². The summed E-state index contributed by atoms with van der Waals surface area (Å²) in [6.07, 6.45) is 3.51. The van der Waals surface area contributed by atoms with Crippen molar-refractivity contribution in [1.29, 1.82) is 0 Å². The number of nitrogens with zero attached hydrogens (tertiary/aromatic N) is 1. The normalized spacial score (nSPS) is 30.7. The maximum Gasteiger partial charge on any atom is 0.123 e. The van der Waals surface area contributed by atoms with E-state index in [4.69, 9.17) is 4.74 Å². The van der Waals surface area contributed by atoms with Gasteiger partial charge < -0.3 is 9.84 Å². The summed E-state index contributed by atoms with van der Waals surface area (Å²) in [5.74, 6) is 0.399. The van der Waals surface area contributed by atoms with Gasteiger partial charge in [0, 0.05) is 30.0 Å². The third kappa shape index (κ3) is 1.91. The number of aromatic hydroxyl groups is 1. The van der Waals surface area contributed by atoms with E-state index >= 15 is 0 Å². The lowest BCUT2D eigenvalue weighted by atomic mass is 9.68. The van der Waals surface area contributed by atoms with Crippen LogP contribution in [-0.2, 0) is 10.2 Å². The number of piperidine rings is 1. The predicted molar refractivity (Wildman–Crippen MR) is 112 cm³/mol. The summed E-state index contributed by atoms with van der Waals surface area (Å²) in [7, 11) is 4.10. The lowest BCUT2D eigenvalue weighted by Gasteiger charge is -2.45. The Morgan fingerprint density at radius 1 is 1.00 bits per heavy atom. The Bertz CT molecular complexity index is 1110. The first kappa shape index (κ1) is 16.6. The van der Waals surface area contributed by atoms with Gasteiger partial charge in [-0.25, -0.2) is 0 Å². The number of fused-ring (bicyclic) bond motifs is 9. The molecule has 3 aromatic carbocycles. The average Bonchev–Trinajstić information content (AvgIpc) is 3.06. The summed E-state index contributed by atoms with van der Waals surface area (Å²) in [6.45, 7) is 0. The van der Waals surface area contributed by atoms with E-state index in [-0.39, 0.29) is 5.41 Å². The second kappa shape index (κ2) is 5.59. The van der Waals surface area contributed by atoms with Gasteiger partial charge in [-0.2, -0.15) is 0 Å². The van der Waals surface area contributed by atoms with Gasteiger partial charge in [-0.1, -0.05) is 48.5 Å². The van der Waals surface area contributed by atoms with Crippen LogP contribution in [0, 0.1) is 0 Å². The first-order chi connectivity index (χ1) is 13.6. The van der Waals surface area contributed by atoms with Gasteiger partial charge in [-0.3, -0.25) is 4.90 Å². The average molecular weight is 371 g/mol. The van der Waals surface area contributed by atoms with Crippen LogP contribution in [0.4, 0.5) is 0 Å². The Morgan fingerprint density at radius 3 is 2.57 bits per heavy atom. The molecule has 4 unspecified atom stereocenters. The van der Waals surface area contributed by atoms with Crippen molar-refractivity contribution in [3.8, 4) is 16.9 Å². The van der Waals surface area contributed by atoms with Crippen molar-refractivity contribution in [2.24, 2.45) is 0 Å². The number of hydrogen-bond acceptors (Lipinski definition) is 3. The van der Waals surface area contributed by atoms with E-state index in [0.29, 0.717) is 23.9 Å². The van der Waals surface area contributed by atoms with Crippen LogP contribution in [0.15, 0.2) is 54.6 Å². The first-order valence-corrected chi connectivity index (χ1v) is 10.2. The maximum atomic E-state index is 10.9. The Kier molecular flexibility index (Phi) is 3.31. The molecule has 0 radical (unpaired) electrons. The highest BCUT2D eigenvalue weighted by atomic mass is 16.5. The second-order valence-corrected chi connectivity index (χ2v) is 8.80. The molecule has 1 aliphatic carbocycles. The third-order valence-electron chi connectivity index (χ3n) is 7.73. The molecule has 2 saturated heterocycles. The highest BCUT2D eigenvalue weighted by Crippen LogP contribution is 2.60. The SMILES string of the molecule is COC1CC2CC3(CC1N2C)c1ccccc1-c1c3cc(O)c2ccccc12. The minimum absolute atomic E-state index is 0.0391. The number of methoxy groups -OCH3 is 1. The van der Waals surface area contributed by atoms with Crippen molar-refractivity contribution >= 4 is 10.8 Å². The van der Waals surface area contributed by atoms with E-state index in [0.717, 1.165) is 30.0 Å². The van der Waals surface area contributed by atoms with Gasteiger partial charge in [-0.15, -0.1) is 0 Å². The minimum Gasteiger partial charge on any atom is -0.507 e. The molecule has 2 heterocycles. The minimum atomic E-state index is -0.0391. The van der Waals surface area contributed by atoms with Crippen LogP contribution < -0.4 is 0 Å². The topological polar surface area (TPSA) is 32.7 Å². The number of hydrogen-bond donors (Lipinski definition) is 1. The summed E-state index contributed by atoms with van der Waals surface area (Å²) < 4.78 is 5.88. The monoisotopic (exact) mass is 371 g/mol. The molecule has 142 valence electrons. The highest BCUT2D eigenvalue weighted by Gasteiger charge is 2.56. The molecule has 1 spiro atoms. The zero-order valence-corrected chi connectivity index (χ0v) is 16.4. The zero-order valence-electron chi connectivity index (χ0n) is 16.4. The molecule has 2 bridgehead atoms. The van der Waals surface area contributed by atoms with E-state index in [1.54, 1.807) is 0 Å². The fraction of sp³-hybridized carbons (Fsp3) is 0.360. The number of phenolic OH excluding ortho intramolecular Hbond substituents is 1. The summed E-state index contributed by atoms with van der Waals surface area (Å²) in [5, 5.41) is 13.0. The Morgan fingerprint density at radius 2 is 1.75 bits per heavy atom. The molecule has 3 aliphatic rings. The van der Waals surface area contributed by atoms with Crippen LogP contribution >= 0.6 is 0 Å². The van der Waals surface area contributed by atoms with Gasteiger partial charge in [0.2, 0.25) is 0 Å². The maximum absolute atomic E-state index is 10.9. The summed E-state index contributed by atoms with van der Waals surface area (Å²) in [4.78, 5) is 2.53. The van der Waals surface area contributed by atoms with E-state index < -0.39 is 0 Å². The number of benzene rings is 3. The smallest absolute Gasteiger partial charge is 0.123 e. The van der Waals surface area contributed by atoms with Gasteiger partial charge in [0.25, 0.3) is 0 Å². The number of ether oxygens (including phenoxy) is 1. The molecule has 0 aromatic heterocycles. The first-order valence-electron chi connectivity index (χ1n) is 10.2. The van der Waals surface area contributed by atoms with Gasteiger partial charge in [-0.05, 0) is 60.0 Å². The van der Waals surface area contributed by atoms with E-state index in [1.165, 1.54) is 22.3 Å². The van der Waals surface area contributed by atoms with Crippen molar-refractivity contribution in [3.63, 3.8) is 0 Å². The molecule has 1 N–H and O–H groups in total. The molecule has 3 heteroatoms. The lowest BCUT2D eigenvalue weighted by Crippen LogP contribution is -2.49. The van der Waals surface area contributed by atoms with Crippen molar-refractivity contribution in [1.82, 2.24) is 4.90 Å². The van der Waals surface area contributed by atoms with E-state index in [9.17, 15) is 5.11 Å². The fourth-order valence-corrected chi connectivity index (χ4v) is 6.45. The Labute approximate surface area is 165 Å². The largest absolute Gasteiger partial charge is 0.507 e. The summed E-state index contributed by atoms with van der Waals surface area (Å²) >= 11 is 0. The zero-order chi connectivity index (χ0) is 19.0. The van der Waals surface area contributed by atoms with Crippen molar-refractivity contribution in [2.75, 3.05) is 14.2 Å². The number of rotatable bonds is 1. The van der Waals surface area contributed by atoms with Crippen LogP contribution in [0.2, 0.25) is 0 Å². The van der Waals surface area contributed by atoms with Gasteiger partial charge >= 0.3 is 0 Å². The van der Waals surface area contributed by atoms with Crippen LogP contribution in [0.25, 0.3) is 21.9 Å². The standard InChI is InChI=1S/C25H25NO2/c1-26-15-11-23(28-2)21(26)14-25(13-15)19-10-6-5-9-18(19)24-17-8-4-3-7-16(17)22(27)12-20(24)25/h3-10,12,15,21,23,27H,11,13-14H2,1-2H3. The van der Waals surface area contributed by atoms with Gasteiger partial charge in [0.05, 0.1) is 6.10 Å². The Hall–Kier alpha value is -2.36. The van der Waals surface area contributed by atoms with Gasteiger partial charge in [0.15, 0.2) is 0 Å². The number of phenols is 1. The lowest BCUT2D eigenvalue weighted by molar-refractivity contribution is 0.0475. The highest BCUT2D eigenvalue weighted by molar-refractivity contribution is 6.05. The molecule has 2 fully saturated rings. The molecular weight excluding hydrogens is 346 g/mol. The third-order valence-corrected chi connectivity index (χ3v) is 7.73. The summed E-state index contributed by atoms with van der Waals surface area (Å²) in [6, 6.07) is 20.1. The van der Waals surface area contributed by atoms with Gasteiger partial charge in [0.1, 0.15) is 5.75 Å². The molecule has 2 aliphatic heterocycles. The van der Waals surface area contributed by atoms with Crippen molar-refractivity contribution in [3.05, 3.63) is 65.7 Å². The molecule has 4 atom stereocenters. The second-order valence-electron chi connectivity index (χ2n) is 8.80. The van der Waals surface area contributed by atoms with Crippen molar-refractivity contribution < 1.29 is 9.84 Å². The molecule has 3 aromatic rings. The van der Waals surface area contributed by atoms with Crippen molar-refractivity contribution in [2.45, 2.75) is 42.9 Å². The molecule has 0 saturated carbocycles. The molecule has 6 rings (SSSR count). The Balaban J connectivity index is 1.66. The molecular formula is C25H25NO2. The molecule has 0 amide bonds. The van der Waals surface area contributed by atoms with Crippen LogP contribution in [0.3, 0.4) is 0 Å². The summed E-state index contributed by atoms with van der Waals surface area (Å²) in [5.41, 5.74) is 5.36. The van der Waals surface area contributed by atoms with Crippen LogP contribution in [0.1, 0.15) is 30.4 Å².